The summed E-state index contributed by atoms with van der Waals surface area (Å²) in [6.07, 6.45) is 7.41. The molecule has 0 radical (unpaired) electrons. The van der Waals surface area contributed by atoms with Crippen LogP contribution in [-0.4, -0.2) is 6.36 Å². The van der Waals surface area contributed by atoms with Crippen LogP contribution >= 0.6 is 0 Å². The molecule has 148 valence electrons. The average molecular weight is 386 g/mol. The van der Waals surface area contributed by atoms with Crippen LogP contribution in [0.5, 0.6) is 5.75 Å². The Hall–Kier alpha value is -2.49. The van der Waals surface area contributed by atoms with E-state index in [1.54, 1.807) is 12.1 Å². The molecular weight excluding hydrogens is 361 g/mol. The normalized spacial score (nSPS) is 20.2. The minimum atomic E-state index is -4.66. The molecule has 0 amide bonds. The summed E-state index contributed by atoms with van der Waals surface area (Å²) in [5, 5.41) is 0. The van der Waals surface area contributed by atoms with Gasteiger partial charge in [-0.25, -0.2) is 0 Å². The van der Waals surface area contributed by atoms with E-state index in [0.717, 1.165) is 23.5 Å². The minimum Gasteiger partial charge on any atom is -0.406 e. The maximum absolute atomic E-state index is 12.3. The van der Waals surface area contributed by atoms with Crippen molar-refractivity contribution in [3.63, 3.8) is 0 Å². The molecule has 0 bridgehead atoms. The van der Waals surface area contributed by atoms with Crippen LogP contribution in [0.25, 0.3) is 11.1 Å². The van der Waals surface area contributed by atoms with Crippen LogP contribution in [0.3, 0.4) is 0 Å². The lowest BCUT2D eigenvalue weighted by molar-refractivity contribution is -0.274. The van der Waals surface area contributed by atoms with Gasteiger partial charge in [-0.2, -0.15) is 0 Å². The summed E-state index contributed by atoms with van der Waals surface area (Å²) in [7, 11) is 0. The van der Waals surface area contributed by atoms with Crippen molar-refractivity contribution >= 4 is 0 Å². The zero-order valence-corrected chi connectivity index (χ0v) is 15.8. The predicted molar refractivity (Wildman–Crippen MR) is 107 cm³/mol. The number of rotatable bonds is 6. The molecule has 1 aliphatic rings. The Bertz CT molecular complexity index is 780. The van der Waals surface area contributed by atoms with Crippen molar-refractivity contribution in [2.45, 2.75) is 44.4 Å². The highest BCUT2D eigenvalue weighted by atomic mass is 19.4. The Morgan fingerprint density at radius 3 is 2.00 bits per heavy atom. The molecule has 0 aliphatic heterocycles. The van der Waals surface area contributed by atoms with E-state index in [0.29, 0.717) is 5.92 Å². The van der Waals surface area contributed by atoms with Crippen molar-refractivity contribution < 1.29 is 17.9 Å². The minimum absolute atomic E-state index is 0.201. The van der Waals surface area contributed by atoms with Crippen LogP contribution in [0.1, 0.15) is 43.6 Å². The zero-order valence-electron chi connectivity index (χ0n) is 15.8. The fourth-order valence-electron chi connectivity index (χ4n) is 3.90. The third kappa shape index (κ3) is 5.75. The van der Waals surface area contributed by atoms with Gasteiger partial charge in [0.05, 0.1) is 0 Å². The molecule has 0 saturated heterocycles. The molecule has 2 aromatic carbocycles. The van der Waals surface area contributed by atoms with Gasteiger partial charge in [-0.1, -0.05) is 61.2 Å². The molecule has 0 N–H and O–H groups in total. The summed E-state index contributed by atoms with van der Waals surface area (Å²) >= 11 is 0. The standard InChI is InChI=1S/C24H25F3O/c1-2-3-4-5-18-6-8-19(9-7-18)20-10-12-21(13-11-20)22-14-16-23(17-15-22)28-24(25,26)27/h2-4,10-19H,1,5-9H2/b4-3-. The van der Waals surface area contributed by atoms with Crippen molar-refractivity contribution in [1.82, 2.24) is 0 Å². The van der Waals surface area contributed by atoms with Crippen LogP contribution in [0.15, 0.2) is 73.3 Å². The first-order valence-corrected chi connectivity index (χ1v) is 9.68. The molecule has 0 aromatic heterocycles. The first kappa shape index (κ1) is 20.2. The Kier molecular flexibility index (Phi) is 6.61. The fourth-order valence-corrected chi connectivity index (χ4v) is 3.90. The molecule has 3 rings (SSSR count). The highest BCUT2D eigenvalue weighted by Crippen LogP contribution is 2.38. The number of alkyl halides is 3. The van der Waals surface area contributed by atoms with Gasteiger partial charge in [0.1, 0.15) is 5.75 Å². The van der Waals surface area contributed by atoms with Crippen LogP contribution < -0.4 is 4.74 Å². The lowest BCUT2D eigenvalue weighted by Crippen LogP contribution is -2.16. The second kappa shape index (κ2) is 9.13. The summed E-state index contributed by atoms with van der Waals surface area (Å²) in [5.41, 5.74) is 3.21. The van der Waals surface area contributed by atoms with Crippen molar-refractivity contribution in [3.05, 3.63) is 78.9 Å². The second-order valence-corrected chi connectivity index (χ2v) is 7.31. The van der Waals surface area contributed by atoms with Gasteiger partial charge in [0.25, 0.3) is 0 Å². The van der Waals surface area contributed by atoms with E-state index in [1.807, 2.05) is 24.3 Å². The van der Waals surface area contributed by atoms with Gasteiger partial charge >= 0.3 is 6.36 Å². The number of benzene rings is 2. The first-order chi connectivity index (χ1) is 13.4. The van der Waals surface area contributed by atoms with Gasteiger partial charge in [-0.05, 0) is 72.8 Å². The highest BCUT2D eigenvalue weighted by molar-refractivity contribution is 5.64. The number of ether oxygens (including phenoxy) is 1. The predicted octanol–water partition coefficient (Wildman–Crippen LogP) is 7.66. The Balaban J connectivity index is 1.58. The molecule has 1 saturated carbocycles. The zero-order chi connectivity index (χ0) is 20.0. The van der Waals surface area contributed by atoms with E-state index >= 15 is 0 Å². The molecule has 0 spiro atoms. The number of halogens is 3. The van der Waals surface area contributed by atoms with Gasteiger partial charge in [0, 0.05) is 0 Å². The SMILES string of the molecule is C=C/C=C\CC1CCC(c2ccc(-c3ccc(OC(F)(F)F)cc3)cc2)CC1. The van der Waals surface area contributed by atoms with E-state index in [9.17, 15) is 13.2 Å². The molecule has 1 fully saturated rings. The molecule has 0 unspecified atom stereocenters. The van der Waals surface area contributed by atoms with Crippen LogP contribution in [0.2, 0.25) is 0 Å². The van der Waals surface area contributed by atoms with E-state index in [2.05, 4.69) is 29.5 Å². The topological polar surface area (TPSA) is 9.23 Å². The molecule has 4 heteroatoms. The van der Waals surface area contributed by atoms with Gasteiger partial charge in [0.15, 0.2) is 0 Å². The molecule has 28 heavy (non-hydrogen) atoms. The summed E-state index contributed by atoms with van der Waals surface area (Å²) in [6, 6.07) is 14.4. The lowest BCUT2D eigenvalue weighted by Gasteiger charge is -2.28. The molecule has 0 atom stereocenters. The lowest BCUT2D eigenvalue weighted by atomic mass is 9.77. The monoisotopic (exact) mass is 386 g/mol. The summed E-state index contributed by atoms with van der Waals surface area (Å²) < 4.78 is 40.7. The van der Waals surface area contributed by atoms with Gasteiger partial charge in [-0.3, -0.25) is 0 Å². The maximum Gasteiger partial charge on any atom is 0.573 e. The third-order valence-corrected chi connectivity index (χ3v) is 5.39. The summed E-state index contributed by atoms with van der Waals surface area (Å²) in [6.45, 7) is 3.70. The summed E-state index contributed by atoms with van der Waals surface area (Å²) in [4.78, 5) is 0. The van der Waals surface area contributed by atoms with Gasteiger partial charge < -0.3 is 4.74 Å². The number of hydrogen-bond donors (Lipinski definition) is 0. The number of hydrogen-bond acceptors (Lipinski definition) is 1. The third-order valence-electron chi connectivity index (χ3n) is 5.39. The van der Waals surface area contributed by atoms with Crippen molar-refractivity contribution in [2.75, 3.05) is 0 Å². The highest BCUT2D eigenvalue weighted by Gasteiger charge is 2.31. The van der Waals surface area contributed by atoms with Gasteiger partial charge in [-0.15, -0.1) is 13.2 Å². The van der Waals surface area contributed by atoms with E-state index < -0.39 is 6.36 Å². The average Bonchev–Trinajstić information content (AvgIpc) is 2.68. The van der Waals surface area contributed by atoms with Gasteiger partial charge in [0.2, 0.25) is 0 Å². The number of allylic oxidation sites excluding steroid dienone is 3. The quantitative estimate of drug-likeness (QED) is 0.463. The van der Waals surface area contributed by atoms with Crippen LogP contribution in [-0.2, 0) is 0 Å². The molecule has 1 aliphatic carbocycles. The molecular formula is C24H25F3O. The Morgan fingerprint density at radius 2 is 1.46 bits per heavy atom. The molecule has 1 nitrogen and oxygen atoms in total. The van der Waals surface area contributed by atoms with E-state index in [1.165, 1.54) is 43.4 Å². The van der Waals surface area contributed by atoms with Crippen LogP contribution in [0.4, 0.5) is 13.2 Å². The maximum atomic E-state index is 12.3. The Morgan fingerprint density at radius 1 is 0.893 bits per heavy atom. The summed E-state index contributed by atoms with van der Waals surface area (Å²) in [5.74, 6) is 1.16. The van der Waals surface area contributed by atoms with Crippen molar-refractivity contribution in [2.24, 2.45) is 5.92 Å². The van der Waals surface area contributed by atoms with Crippen molar-refractivity contribution in [3.8, 4) is 16.9 Å². The smallest absolute Gasteiger partial charge is 0.406 e. The van der Waals surface area contributed by atoms with E-state index in [-0.39, 0.29) is 5.75 Å². The second-order valence-electron chi connectivity index (χ2n) is 7.31. The first-order valence-electron chi connectivity index (χ1n) is 9.68. The largest absolute Gasteiger partial charge is 0.573 e. The van der Waals surface area contributed by atoms with Crippen LogP contribution in [0, 0.1) is 5.92 Å². The Labute approximate surface area is 164 Å². The van der Waals surface area contributed by atoms with Crippen molar-refractivity contribution in [1.29, 1.82) is 0 Å². The fraction of sp³-hybridized carbons (Fsp3) is 0.333. The van der Waals surface area contributed by atoms with E-state index in [4.69, 9.17) is 0 Å². The molecule has 0 heterocycles. The molecule has 2 aromatic rings.